The first-order valence-corrected chi connectivity index (χ1v) is 14.6. The largest absolute Gasteiger partial charge is 0.387 e. The first kappa shape index (κ1) is 31.3. The van der Waals surface area contributed by atoms with Gasteiger partial charge in [-0.15, -0.1) is 18.3 Å². The van der Waals surface area contributed by atoms with E-state index in [1.165, 1.54) is 11.8 Å². The summed E-state index contributed by atoms with van der Waals surface area (Å²) < 4.78 is 11.6. The van der Waals surface area contributed by atoms with Crippen LogP contribution in [0, 0.1) is 6.92 Å². The molecule has 9 heteroatoms. The van der Waals surface area contributed by atoms with Crippen molar-refractivity contribution in [2.45, 2.75) is 56.2 Å². The summed E-state index contributed by atoms with van der Waals surface area (Å²) in [5, 5.41) is 33.9. The van der Waals surface area contributed by atoms with Gasteiger partial charge in [-0.2, -0.15) is 0 Å². The van der Waals surface area contributed by atoms with Crippen LogP contribution in [0.5, 0.6) is 0 Å². The summed E-state index contributed by atoms with van der Waals surface area (Å²) >= 11 is 1.31. The Balaban J connectivity index is 1.49. The van der Waals surface area contributed by atoms with Gasteiger partial charge in [0.05, 0.1) is 13.2 Å². The Hall–Kier alpha value is -2.24. The Labute approximate surface area is 236 Å². The lowest BCUT2D eigenvalue weighted by molar-refractivity contribution is -0.200. The number of nitrogens with one attached hydrogen (secondary N) is 1. The number of aliphatic hydroxyl groups is 3. The van der Waals surface area contributed by atoms with Crippen molar-refractivity contribution < 1.29 is 29.6 Å². The van der Waals surface area contributed by atoms with E-state index >= 15 is 0 Å². The molecule has 0 spiro atoms. The SMILES string of the molecule is C=CCN(C)CCNC(=O)CCOCc1ccc(Cc2cc([C@@H]3O[C@H](SC)[C@@H](O)[C@H](O)[C@H]3O)ccc2C)cc1. The summed E-state index contributed by atoms with van der Waals surface area (Å²) in [5.74, 6) is -0.0178. The second kappa shape index (κ2) is 15.5. The minimum Gasteiger partial charge on any atom is -0.387 e. The van der Waals surface area contributed by atoms with Crippen molar-refractivity contribution in [1.82, 2.24) is 10.2 Å². The van der Waals surface area contributed by atoms with Gasteiger partial charge in [-0.1, -0.05) is 48.5 Å². The molecule has 2 aromatic rings. The van der Waals surface area contributed by atoms with E-state index in [-0.39, 0.29) is 5.91 Å². The number of thioether (sulfide) groups is 1. The van der Waals surface area contributed by atoms with Crippen molar-refractivity contribution in [2.75, 3.05) is 39.5 Å². The number of aryl methyl sites for hydroxylation is 1. The molecule has 214 valence electrons. The molecule has 1 aliphatic rings. The Kier molecular flexibility index (Phi) is 12.5. The number of hydrogen-bond acceptors (Lipinski definition) is 8. The number of amides is 1. The second-order valence-corrected chi connectivity index (χ2v) is 11.0. The lowest BCUT2D eigenvalue weighted by Crippen LogP contribution is -2.52. The molecule has 0 unspecified atom stereocenters. The maximum atomic E-state index is 12.0. The monoisotopic (exact) mass is 558 g/mol. The highest BCUT2D eigenvalue weighted by atomic mass is 32.2. The minimum atomic E-state index is -1.27. The van der Waals surface area contributed by atoms with Crippen molar-refractivity contribution in [3.05, 3.63) is 82.9 Å². The number of hydrogen-bond donors (Lipinski definition) is 4. The third kappa shape index (κ3) is 9.14. The Morgan fingerprint density at radius 3 is 2.54 bits per heavy atom. The van der Waals surface area contributed by atoms with Crippen LogP contribution in [0.1, 0.15) is 40.3 Å². The van der Waals surface area contributed by atoms with Crippen LogP contribution >= 0.6 is 11.8 Å². The van der Waals surface area contributed by atoms with Crippen LogP contribution in [-0.4, -0.2) is 89.4 Å². The number of benzene rings is 2. The predicted octanol–water partition coefficient (Wildman–Crippen LogP) is 2.57. The van der Waals surface area contributed by atoms with Gasteiger partial charge in [-0.3, -0.25) is 4.79 Å². The maximum Gasteiger partial charge on any atom is 0.222 e. The van der Waals surface area contributed by atoms with E-state index in [1.54, 1.807) is 6.26 Å². The average Bonchev–Trinajstić information content (AvgIpc) is 2.92. The fourth-order valence-corrected chi connectivity index (χ4v) is 5.16. The molecule has 1 amide bonds. The van der Waals surface area contributed by atoms with Gasteiger partial charge >= 0.3 is 0 Å². The molecule has 39 heavy (non-hydrogen) atoms. The number of rotatable bonds is 14. The summed E-state index contributed by atoms with van der Waals surface area (Å²) in [7, 11) is 1.98. The van der Waals surface area contributed by atoms with Crippen molar-refractivity contribution in [1.29, 1.82) is 0 Å². The van der Waals surface area contributed by atoms with Crippen LogP contribution in [-0.2, 0) is 27.3 Å². The molecule has 8 nitrogen and oxygen atoms in total. The zero-order valence-corrected chi connectivity index (χ0v) is 23.9. The zero-order valence-electron chi connectivity index (χ0n) is 23.1. The minimum absolute atomic E-state index is 0.0178. The standard InChI is InChI=1S/C30H42N2O6S/c1-5-14-32(3)15-13-31-25(33)12-16-37-19-22-9-7-21(8-10-22)17-24-18-23(11-6-20(24)2)29-27(35)26(34)28(36)30(38-29)39-4/h5-11,18,26-30,34-36H,1,12-17,19H2,2-4H3,(H,31,33)/t26-,27-,28+,29+,30-/m1/s1. The average molecular weight is 559 g/mol. The first-order chi connectivity index (χ1) is 18.7. The van der Waals surface area contributed by atoms with E-state index in [0.717, 1.165) is 40.9 Å². The van der Waals surface area contributed by atoms with Crippen LogP contribution in [0.3, 0.4) is 0 Å². The van der Waals surface area contributed by atoms with Crippen molar-refractivity contribution in [2.24, 2.45) is 0 Å². The maximum absolute atomic E-state index is 12.0. The highest BCUT2D eigenvalue weighted by Gasteiger charge is 2.44. The molecule has 1 heterocycles. The molecule has 0 radical (unpaired) electrons. The lowest BCUT2D eigenvalue weighted by Gasteiger charge is -2.40. The molecule has 0 bridgehead atoms. The van der Waals surface area contributed by atoms with Gasteiger partial charge < -0.3 is 35.0 Å². The van der Waals surface area contributed by atoms with Gasteiger partial charge in [0.1, 0.15) is 29.9 Å². The number of aliphatic hydroxyl groups excluding tert-OH is 3. The van der Waals surface area contributed by atoms with Gasteiger partial charge in [0, 0.05) is 26.1 Å². The number of carbonyl (C=O) groups is 1. The summed E-state index contributed by atoms with van der Waals surface area (Å²) in [6.07, 6.45) is 0.304. The van der Waals surface area contributed by atoms with Gasteiger partial charge in [-0.25, -0.2) is 0 Å². The van der Waals surface area contributed by atoms with Crippen LogP contribution in [0.2, 0.25) is 0 Å². The molecule has 2 aromatic carbocycles. The van der Waals surface area contributed by atoms with E-state index in [4.69, 9.17) is 9.47 Å². The number of nitrogens with zero attached hydrogens (tertiary/aromatic N) is 1. The molecule has 1 saturated heterocycles. The second-order valence-electron chi connectivity index (χ2n) is 10.0. The quantitative estimate of drug-likeness (QED) is 0.207. The highest BCUT2D eigenvalue weighted by Crippen LogP contribution is 2.36. The van der Waals surface area contributed by atoms with Gasteiger partial charge in [0.25, 0.3) is 0 Å². The van der Waals surface area contributed by atoms with Gasteiger partial charge in [0.15, 0.2) is 0 Å². The van der Waals surface area contributed by atoms with Crippen molar-refractivity contribution >= 4 is 17.7 Å². The fourth-order valence-electron chi connectivity index (χ4n) is 4.49. The predicted molar refractivity (Wildman–Crippen MR) is 155 cm³/mol. The van der Waals surface area contributed by atoms with Gasteiger partial charge in [0.2, 0.25) is 5.91 Å². The van der Waals surface area contributed by atoms with E-state index in [9.17, 15) is 20.1 Å². The summed E-state index contributed by atoms with van der Waals surface area (Å²) in [5.41, 5.74) is 4.52. The summed E-state index contributed by atoms with van der Waals surface area (Å²) in [4.78, 5) is 14.1. The molecule has 5 atom stereocenters. The molecule has 1 fully saturated rings. The third-order valence-electron chi connectivity index (χ3n) is 6.92. The van der Waals surface area contributed by atoms with Crippen molar-refractivity contribution in [3.63, 3.8) is 0 Å². The Morgan fingerprint density at radius 2 is 1.85 bits per heavy atom. The summed E-state index contributed by atoms with van der Waals surface area (Å²) in [6, 6.07) is 14.1. The topological polar surface area (TPSA) is 111 Å². The molecule has 0 aliphatic carbocycles. The van der Waals surface area contributed by atoms with Crippen LogP contribution < -0.4 is 5.32 Å². The Morgan fingerprint density at radius 1 is 1.13 bits per heavy atom. The van der Waals surface area contributed by atoms with E-state index < -0.39 is 29.9 Å². The molecule has 0 saturated carbocycles. The number of likely N-dealkylation sites (N-methyl/N-ethyl adjacent to an activating group) is 1. The van der Waals surface area contributed by atoms with Crippen LogP contribution in [0.25, 0.3) is 0 Å². The molecular weight excluding hydrogens is 516 g/mol. The Bertz CT molecular complexity index is 1060. The number of carbonyl (C=O) groups excluding carboxylic acids is 1. The van der Waals surface area contributed by atoms with E-state index in [1.807, 2.05) is 50.4 Å². The fraction of sp³-hybridized carbons (Fsp3) is 0.500. The normalized spacial score (nSPS) is 23.1. The third-order valence-corrected chi connectivity index (χ3v) is 7.77. The zero-order chi connectivity index (χ0) is 28.4. The van der Waals surface area contributed by atoms with E-state index in [2.05, 4.69) is 28.9 Å². The first-order valence-electron chi connectivity index (χ1n) is 13.3. The van der Waals surface area contributed by atoms with Crippen LogP contribution in [0.4, 0.5) is 0 Å². The molecule has 3 rings (SSSR count). The van der Waals surface area contributed by atoms with Crippen LogP contribution in [0.15, 0.2) is 55.1 Å². The molecular formula is C30H42N2O6S. The summed E-state index contributed by atoms with van der Waals surface area (Å²) in [6.45, 7) is 8.71. The lowest BCUT2D eigenvalue weighted by atomic mass is 9.91. The molecule has 1 aliphatic heterocycles. The molecule has 4 N–H and O–H groups in total. The van der Waals surface area contributed by atoms with E-state index in [0.29, 0.717) is 32.6 Å². The number of ether oxygens (including phenoxy) is 2. The smallest absolute Gasteiger partial charge is 0.222 e. The highest BCUT2D eigenvalue weighted by molar-refractivity contribution is 7.99. The molecule has 0 aromatic heterocycles. The van der Waals surface area contributed by atoms with Gasteiger partial charge in [-0.05, 0) is 54.5 Å². The van der Waals surface area contributed by atoms with Crippen molar-refractivity contribution in [3.8, 4) is 0 Å².